The summed E-state index contributed by atoms with van der Waals surface area (Å²) in [6, 6.07) is 5.58. The van der Waals surface area contributed by atoms with E-state index in [1.54, 1.807) is 12.1 Å². The zero-order valence-electron chi connectivity index (χ0n) is 9.16. The van der Waals surface area contributed by atoms with Crippen molar-refractivity contribution < 1.29 is 9.18 Å². The SMILES string of the molecule is CC(CN)CNC(=O)Nc1ccccc1F. The molecule has 1 aromatic carbocycles. The molecule has 1 atom stereocenters. The fourth-order valence-corrected chi connectivity index (χ4v) is 1.08. The summed E-state index contributed by atoms with van der Waals surface area (Å²) in [5, 5.41) is 5.04. The van der Waals surface area contributed by atoms with Crippen molar-refractivity contribution in [2.45, 2.75) is 6.92 Å². The van der Waals surface area contributed by atoms with Crippen molar-refractivity contribution in [3.8, 4) is 0 Å². The molecule has 4 N–H and O–H groups in total. The predicted molar refractivity (Wildman–Crippen MR) is 61.6 cm³/mol. The number of amides is 2. The van der Waals surface area contributed by atoms with Gasteiger partial charge in [0.1, 0.15) is 5.82 Å². The van der Waals surface area contributed by atoms with Gasteiger partial charge in [-0.25, -0.2) is 9.18 Å². The van der Waals surface area contributed by atoms with E-state index in [0.717, 1.165) is 0 Å². The highest BCUT2D eigenvalue weighted by molar-refractivity contribution is 5.89. The average Bonchev–Trinajstić information content (AvgIpc) is 2.29. The zero-order valence-corrected chi connectivity index (χ0v) is 9.16. The Hall–Kier alpha value is -1.62. The number of rotatable bonds is 4. The Bertz CT molecular complexity index is 357. The van der Waals surface area contributed by atoms with Gasteiger partial charge < -0.3 is 16.4 Å². The fourth-order valence-electron chi connectivity index (χ4n) is 1.08. The summed E-state index contributed by atoms with van der Waals surface area (Å²) >= 11 is 0. The van der Waals surface area contributed by atoms with Gasteiger partial charge in [-0.3, -0.25) is 0 Å². The van der Waals surface area contributed by atoms with Crippen molar-refractivity contribution >= 4 is 11.7 Å². The number of hydrogen-bond acceptors (Lipinski definition) is 2. The minimum Gasteiger partial charge on any atom is -0.338 e. The Morgan fingerprint density at radius 2 is 2.19 bits per heavy atom. The number of benzene rings is 1. The smallest absolute Gasteiger partial charge is 0.319 e. The van der Waals surface area contributed by atoms with Crippen molar-refractivity contribution in [3.05, 3.63) is 30.1 Å². The van der Waals surface area contributed by atoms with Crippen molar-refractivity contribution in [3.63, 3.8) is 0 Å². The second-order valence-electron chi connectivity index (χ2n) is 3.66. The first-order valence-corrected chi connectivity index (χ1v) is 5.13. The molecule has 0 aliphatic heterocycles. The Labute approximate surface area is 94.0 Å². The number of nitrogens with one attached hydrogen (secondary N) is 2. The van der Waals surface area contributed by atoms with Gasteiger partial charge in [0.2, 0.25) is 0 Å². The van der Waals surface area contributed by atoms with E-state index in [2.05, 4.69) is 10.6 Å². The van der Waals surface area contributed by atoms with Crippen LogP contribution in [0.5, 0.6) is 0 Å². The lowest BCUT2D eigenvalue weighted by atomic mass is 10.2. The quantitative estimate of drug-likeness (QED) is 0.727. The molecule has 0 spiro atoms. The lowest BCUT2D eigenvalue weighted by molar-refractivity contribution is 0.250. The van der Waals surface area contributed by atoms with Crippen LogP contribution in [0, 0.1) is 11.7 Å². The van der Waals surface area contributed by atoms with Crippen LogP contribution < -0.4 is 16.4 Å². The lowest BCUT2D eigenvalue weighted by Crippen LogP contribution is -2.34. The molecule has 0 aliphatic carbocycles. The summed E-state index contributed by atoms with van der Waals surface area (Å²) in [7, 11) is 0. The van der Waals surface area contributed by atoms with Crippen molar-refractivity contribution in [1.82, 2.24) is 5.32 Å². The van der Waals surface area contributed by atoms with E-state index in [9.17, 15) is 9.18 Å². The number of para-hydroxylation sites is 1. The highest BCUT2D eigenvalue weighted by atomic mass is 19.1. The van der Waals surface area contributed by atoms with Gasteiger partial charge >= 0.3 is 6.03 Å². The van der Waals surface area contributed by atoms with E-state index in [1.807, 2.05) is 6.92 Å². The van der Waals surface area contributed by atoms with Gasteiger partial charge in [0.05, 0.1) is 5.69 Å². The molecule has 0 aromatic heterocycles. The molecule has 4 nitrogen and oxygen atoms in total. The van der Waals surface area contributed by atoms with Crippen LogP contribution in [-0.2, 0) is 0 Å². The maximum Gasteiger partial charge on any atom is 0.319 e. The second-order valence-corrected chi connectivity index (χ2v) is 3.66. The first kappa shape index (κ1) is 12.4. The van der Waals surface area contributed by atoms with Gasteiger partial charge in [-0.1, -0.05) is 19.1 Å². The molecule has 2 amide bonds. The lowest BCUT2D eigenvalue weighted by Gasteiger charge is -2.11. The zero-order chi connectivity index (χ0) is 12.0. The molecule has 1 unspecified atom stereocenters. The van der Waals surface area contributed by atoms with Crippen LogP contribution in [0.2, 0.25) is 0 Å². The Morgan fingerprint density at radius 3 is 2.81 bits per heavy atom. The standard InChI is InChI=1S/C11H16FN3O/c1-8(6-13)7-14-11(16)15-10-5-3-2-4-9(10)12/h2-5,8H,6-7,13H2,1H3,(H2,14,15,16). The number of anilines is 1. The van der Waals surface area contributed by atoms with E-state index in [1.165, 1.54) is 12.1 Å². The van der Waals surface area contributed by atoms with E-state index in [4.69, 9.17) is 5.73 Å². The Morgan fingerprint density at radius 1 is 1.50 bits per heavy atom. The number of nitrogens with two attached hydrogens (primary N) is 1. The third-order valence-electron chi connectivity index (χ3n) is 2.14. The van der Waals surface area contributed by atoms with Crippen LogP contribution in [0.3, 0.4) is 0 Å². The summed E-state index contributed by atoms with van der Waals surface area (Å²) in [5.74, 6) is -0.254. The van der Waals surface area contributed by atoms with Gasteiger partial charge in [-0.2, -0.15) is 0 Å². The largest absolute Gasteiger partial charge is 0.338 e. The molecule has 0 aliphatic rings. The monoisotopic (exact) mass is 225 g/mol. The molecule has 0 saturated heterocycles. The van der Waals surface area contributed by atoms with Crippen LogP contribution in [-0.4, -0.2) is 19.1 Å². The van der Waals surface area contributed by atoms with Crippen molar-refractivity contribution in [2.24, 2.45) is 11.7 Å². The maximum absolute atomic E-state index is 13.2. The fraction of sp³-hybridized carbons (Fsp3) is 0.364. The summed E-state index contributed by atoms with van der Waals surface area (Å²) in [5.41, 5.74) is 5.57. The summed E-state index contributed by atoms with van der Waals surface area (Å²) in [6.07, 6.45) is 0. The normalized spacial score (nSPS) is 11.9. The van der Waals surface area contributed by atoms with Gasteiger partial charge in [-0.15, -0.1) is 0 Å². The maximum atomic E-state index is 13.2. The molecule has 1 aromatic rings. The highest BCUT2D eigenvalue weighted by Crippen LogP contribution is 2.11. The number of carbonyl (C=O) groups is 1. The molecule has 0 heterocycles. The highest BCUT2D eigenvalue weighted by Gasteiger charge is 2.06. The van der Waals surface area contributed by atoms with Crippen molar-refractivity contribution in [1.29, 1.82) is 0 Å². The molecule has 0 bridgehead atoms. The minimum absolute atomic E-state index is 0.167. The van der Waals surface area contributed by atoms with Gasteiger partial charge in [0.15, 0.2) is 0 Å². The predicted octanol–water partition coefficient (Wildman–Crippen LogP) is 1.54. The topological polar surface area (TPSA) is 67.1 Å². The average molecular weight is 225 g/mol. The second kappa shape index (κ2) is 6.07. The third-order valence-corrected chi connectivity index (χ3v) is 2.14. The van der Waals surface area contributed by atoms with Crippen LogP contribution in [0.15, 0.2) is 24.3 Å². The van der Waals surface area contributed by atoms with Gasteiger partial charge in [0.25, 0.3) is 0 Å². The van der Waals surface area contributed by atoms with E-state index in [0.29, 0.717) is 13.1 Å². The van der Waals surface area contributed by atoms with Gasteiger partial charge in [0, 0.05) is 6.54 Å². The summed E-state index contributed by atoms with van der Waals surface area (Å²) < 4.78 is 13.2. The van der Waals surface area contributed by atoms with E-state index in [-0.39, 0.29) is 11.6 Å². The molecule has 88 valence electrons. The van der Waals surface area contributed by atoms with Crippen LogP contribution in [0.1, 0.15) is 6.92 Å². The number of carbonyl (C=O) groups excluding carboxylic acids is 1. The summed E-state index contributed by atoms with van der Waals surface area (Å²) in [6.45, 7) is 2.89. The number of halogens is 1. The third kappa shape index (κ3) is 3.86. The van der Waals surface area contributed by atoms with Crippen LogP contribution >= 0.6 is 0 Å². The minimum atomic E-state index is -0.454. The first-order chi connectivity index (χ1) is 7.63. The molecule has 0 saturated carbocycles. The molecular formula is C11H16FN3O. The Kier molecular flexibility index (Phi) is 4.72. The molecule has 0 fully saturated rings. The van der Waals surface area contributed by atoms with Crippen LogP contribution in [0.4, 0.5) is 14.9 Å². The molecule has 5 heteroatoms. The van der Waals surface area contributed by atoms with Gasteiger partial charge in [-0.05, 0) is 24.6 Å². The van der Waals surface area contributed by atoms with E-state index >= 15 is 0 Å². The molecule has 16 heavy (non-hydrogen) atoms. The van der Waals surface area contributed by atoms with Crippen LogP contribution in [0.25, 0.3) is 0 Å². The van der Waals surface area contributed by atoms with Crippen molar-refractivity contribution in [2.75, 3.05) is 18.4 Å². The number of urea groups is 1. The first-order valence-electron chi connectivity index (χ1n) is 5.13. The molecule has 0 radical (unpaired) electrons. The molecular weight excluding hydrogens is 209 g/mol. The molecule has 1 rings (SSSR count). The Balaban J connectivity index is 2.43. The van der Waals surface area contributed by atoms with E-state index < -0.39 is 11.8 Å². The summed E-state index contributed by atoms with van der Waals surface area (Å²) in [4.78, 5) is 11.4. The number of hydrogen-bond donors (Lipinski definition) is 3.